The molecule has 0 amide bonds. The monoisotopic (exact) mass is 290 g/mol. The molecule has 0 radical (unpaired) electrons. The summed E-state index contributed by atoms with van der Waals surface area (Å²) in [5.41, 5.74) is 3.03. The molecular weight excluding hydrogens is 276 g/mol. The van der Waals surface area contributed by atoms with E-state index in [-0.39, 0.29) is 11.4 Å². The van der Waals surface area contributed by atoms with Gasteiger partial charge >= 0.3 is 0 Å². The molecule has 2 heterocycles. The molecular formula is C17H14N4O. The number of Topliss-reactive ketones (excluding diaryl/α,β-unsaturated/α-hetero) is 1. The van der Waals surface area contributed by atoms with Gasteiger partial charge in [-0.25, -0.2) is 0 Å². The molecule has 0 bridgehead atoms. The van der Waals surface area contributed by atoms with Gasteiger partial charge in [-0.1, -0.05) is 18.2 Å². The lowest BCUT2D eigenvalue weighted by Crippen LogP contribution is -2.03. The van der Waals surface area contributed by atoms with E-state index in [4.69, 9.17) is 0 Å². The number of aromatic amines is 1. The lowest BCUT2D eigenvalue weighted by molar-refractivity contribution is 0.104. The van der Waals surface area contributed by atoms with Crippen LogP contribution in [0.1, 0.15) is 21.6 Å². The molecule has 22 heavy (non-hydrogen) atoms. The largest absolute Gasteiger partial charge is 0.358 e. The van der Waals surface area contributed by atoms with Crippen molar-refractivity contribution in [3.63, 3.8) is 0 Å². The molecule has 0 fully saturated rings. The second-order valence-electron chi connectivity index (χ2n) is 5.12. The second-order valence-corrected chi connectivity index (χ2v) is 5.12. The zero-order chi connectivity index (χ0) is 15.7. The van der Waals surface area contributed by atoms with Crippen LogP contribution in [0.4, 0.5) is 0 Å². The van der Waals surface area contributed by atoms with Crippen molar-refractivity contribution in [2.45, 2.75) is 6.92 Å². The molecule has 2 aromatic heterocycles. The van der Waals surface area contributed by atoms with Gasteiger partial charge in [-0.2, -0.15) is 10.4 Å². The molecule has 0 saturated carbocycles. The number of rotatable bonds is 3. The summed E-state index contributed by atoms with van der Waals surface area (Å²) >= 11 is 0. The molecule has 0 aliphatic heterocycles. The normalized spacial score (nSPS) is 11.6. The van der Waals surface area contributed by atoms with E-state index in [9.17, 15) is 10.1 Å². The van der Waals surface area contributed by atoms with Gasteiger partial charge in [-0.15, -0.1) is 0 Å². The maximum absolute atomic E-state index is 12.7. The van der Waals surface area contributed by atoms with E-state index in [1.54, 1.807) is 30.2 Å². The predicted molar refractivity (Wildman–Crippen MR) is 84.2 cm³/mol. The summed E-state index contributed by atoms with van der Waals surface area (Å²) in [5.74, 6) is -0.277. The fraction of sp³-hybridized carbons (Fsp3) is 0.118. The maximum Gasteiger partial charge on any atom is 0.205 e. The number of carbonyl (C=O) groups excluding carboxylic acids is 1. The first kappa shape index (κ1) is 13.8. The molecule has 1 aromatic carbocycles. The molecule has 3 aromatic rings. The number of hydrogen-bond acceptors (Lipinski definition) is 3. The van der Waals surface area contributed by atoms with Crippen LogP contribution < -0.4 is 0 Å². The van der Waals surface area contributed by atoms with Gasteiger partial charge in [-0.3, -0.25) is 9.48 Å². The molecule has 5 heteroatoms. The van der Waals surface area contributed by atoms with Gasteiger partial charge in [0.05, 0.1) is 11.8 Å². The summed E-state index contributed by atoms with van der Waals surface area (Å²) in [6, 6.07) is 9.58. The Morgan fingerprint density at radius 3 is 2.86 bits per heavy atom. The van der Waals surface area contributed by atoms with Gasteiger partial charge in [-0.05, 0) is 19.1 Å². The highest BCUT2D eigenvalue weighted by Gasteiger charge is 2.19. The minimum atomic E-state index is -0.277. The first-order chi connectivity index (χ1) is 10.6. The number of nitrogens with zero attached hydrogens (tertiary/aromatic N) is 3. The minimum absolute atomic E-state index is 0.0980. The molecule has 0 aliphatic rings. The first-order valence-corrected chi connectivity index (χ1v) is 6.82. The number of fused-ring (bicyclic) bond motifs is 1. The fourth-order valence-electron chi connectivity index (χ4n) is 2.53. The van der Waals surface area contributed by atoms with Crippen LogP contribution in [0.25, 0.3) is 17.0 Å². The van der Waals surface area contributed by atoms with E-state index in [0.717, 1.165) is 22.2 Å². The number of benzene rings is 1. The molecule has 0 saturated heterocycles. The van der Waals surface area contributed by atoms with Crippen LogP contribution in [-0.2, 0) is 7.05 Å². The van der Waals surface area contributed by atoms with Gasteiger partial charge in [0.25, 0.3) is 0 Å². The number of nitrogens with one attached hydrogen (secondary N) is 1. The van der Waals surface area contributed by atoms with Crippen molar-refractivity contribution in [3.8, 4) is 6.07 Å². The standard InChI is InChI=1S/C17H14N4O/c1-11-16(14-5-3-4-6-15(14)20-11)17(22)13(8-18)7-12-9-19-21(2)10-12/h3-7,9-10,20H,1-2H3/b13-7+. The summed E-state index contributed by atoms with van der Waals surface area (Å²) in [7, 11) is 1.79. The third-order valence-corrected chi connectivity index (χ3v) is 3.52. The third kappa shape index (κ3) is 2.31. The highest BCUT2D eigenvalue weighted by Crippen LogP contribution is 2.25. The lowest BCUT2D eigenvalue weighted by atomic mass is 10.00. The molecule has 0 atom stereocenters. The topological polar surface area (TPSA) is 74.5 Å². The third-order valence-electron chi connectivity index (χ3n) is 3.52. The summed E-state index contributed by atoms with van der Waals surface area (Å²) in [5, 5.41) is 14.2. The Kier molecular flexibility index (Phi) is 3.36. The van der Waals surface area contributed by atoms with Crippen molar-refractivity contribution in [1.82, 2.24) is 14.8 Å². The van der Waals surface area contributed by atoms with Gasteiger partial charge in [0.1, 0.15) is 11.6 Å². The van der Waals surface area contributed by atoms with Crippen molar-refractivity contribution in [2.75, 3.05) is 0 Å². The SMILES string of the molecule is Cc1[nH]c2ccccc2c1C(=O)/C(C#N)=C/c1cnn(C)c1. The number of aryl methyl sites for hydroxylation is 2. The second kappa shape index (κ2) is 5.34. The van der Waals surface area contributed by atoms with Crippen molar-refractivity contribution >= 4 is 22.8 Å². The van der Waals surface area contributed by atoms with E-state index >= 15 is 0 Å². The molecule has 0 unspecified atom stereocenters. The smallest absolute Gasteiger partial charge is 0.205 e. The Hall–Kier alpha value is -3.13. The molecule has 0 aliphatic carbocycles. The molecule has 5 nitrogen and oxygen atoms in total. The number of ketones is 1. The Labute approximate surface area is 127 Å². The first-order valence-electron chi connectivity index (χ1n) is 6.82. The number of carbonyl (C=O) groups is 1. The maximum atomic E-state index is 12.7. The Morgan fingerprint density at radius 1 is 1.41 bits per heavy atom. The van der Waals surface area contributed by atoms with Crippen LogP contribution >= 0.6 is 0 Å². The van der Waals surface area contributed by atoms with Crippen molar-refractivity contribution in [1.29, 1.82) is 5.26 Å². The molecule has 1 N–H and O–H groups in total. The van der Waals surface area contributed by atoms with E-state index in [1.807, 2.05) is 37.3 Å². The molecule has 0 spiro atoms. The quantitative estimate of drug-likeness (QED) is 0.458. The highest BCUT2D eigenvalue weighted by molar-refractivity contribution is 6.20. The predicted octanol–water partition coefficient (Wildman–Crippen LogP) is 3.00. The van der Waals surface area contributed by atoms with Gasteiger partial charge in [0.2, 0.25) is 5.78 Å². The Balaban J connectivity index is 2.10. The average molecular weight is 290 g/mol. The van der Waals surface area contributed by atoms with Crippen LogP contribution in [-0.4, -0.2) is 20.5 Å². The van der Waals surface area contributed by atoms with E-state index in [2.05, 4.69) is 10.1 Å². The lowest BCUT2D eigenvalue weighted by Gasteiger charge is -1.99. The van der Waals surface area contributed by atoms with Gasteiger partial charge in [0, 0.05) is 35.4 Å². The Bertz CT molecular complexity index is 937. The average Bonchev–Trinajstić information content (AvgIpc) is 3.06. The van der Waals surface area contributed by atoms with Crippen LogP contribution in [0.3, 0.4) is 0 Å². The summed E-state index contributed by atoms with van der Waals surface area (Å²) < 4.78 is 1.63. The minimum Gasteiger partial charge on any atom is -0.358 e. The van der Waals surface area contributed by atoms with E-state index in [0.29, 0.717) is 5.56 Å². The van der Waals surface area contributed by atoms with Crippen molar-refractivity contribution < 1.29 is 4.79 Å². The number of para-hydroxylation sites is 1. The highest BCUT2D eigenvalue weighted by atomic mass is 16.1. The van der Waals surface area contributed by atoms with Crippen molar-refractivity contribution in [2.24, 2.45) is 7.05 Å². The fourth-order valence-corrected chi connectivity index (χ4v) is 2.53. The van der Waals surface area contributed by atoms with Crippen LogP contribution in [0, 0.1) is 18.3 Å². The number of allylic oxidation sites excluding steroid dienone is 1. The van der Waals surface area contributed by atoms with Gasteiger partial charge < -0.3 is 4.98 Å². The van der Waals surface area contributed by atoms with E-state index in [1.165, 1.54) is 0 Å². The Morgan fingerprint density at radius 2 is 2.18 bits per heavy atom. The molecule has 3 rings (SSSR count). The van der Waals surface area contributed by atoms with Gasteiger partial charge in [0.15, 0.2) is 0 Å². The summed E-state index contributed by atoms with van der Waals surface area (Å²) in [4.78, 5) is 15.9. The number of nitriles is 1. The van der Waals surface area contributed by atoms with E-state index < -0.39 is 0 Å². The zero-order valence-electron chi connectivity index (χ0n) is 12.3. The number of hydrogen-bond donors (Lipinski definition) is 1. The number of H-pyrrole nitrogens is 1. The molecule has 108 valence electrons. The van der Waals surface area contributed by atoms with Crippen LogP contribution in [0.2, 0.25) is 0 Å². The summed E-state index contributed by atoms with van der Waals surface area (Å²) in [6.45, 7) is 1.84. The van der Waals surface area contributed by atoms with Crippen LogP contribution in [0.15, 0.2) is 42.2 Å². The van der Waals surface area contributed by atoms with Crippen LogP contribution in [0.5, 0.6) is 0 Å². The number of aromatic nitrogens is 3. The summed E-state index contributed by atoms with van der Waals surface area (Å²) in [6.07, 6.45) is 4.94. The zero-order valence-corrected chi connectivity index (χ0v) is 12.3. The van der Waals surface area contributed by atoms with Crippen molar-refractivity contribution in [3.05, 3.63) is 59.1 Å².